The van der Waals surface area contributed by atoms with Crippen LogP contribution in [0.2, 0.25) is 0 Å². The third-order valence-electron chi connectivity index (χ3n) is 1.36. The van der Waals surface area contributed by atoms with Gasteiger partial charge in [-0.05, 0) is 6.92 Å². The molecule has 0 saturated carbocycles. The average molecular weight is 191 g/mol. The van der Waals surface area contributed by atoms with Gasteiger partial charge in [-0.3, -0.25) is 4.79 Å². The summed E-state index contributed by atoms with van der Waals surface area (Å²) in [6.45, 7) is 1.96. The second kappa shape index (κ2) is 5.50. The maximum absolute atomic E-state index is 10.9. The van der Waals surface area contributed by atoms with E-state index in [1.165, 1.54) is 0 Å². The van der Waals surface area contributed by atoms with Crippen molar-refractivity contribution in [2.45, 2.75) is 19.1 Å². The van der Waals surface area contributed by atoms with Crippen LogP contribution in [0.15, 0.2) is 0 Å². The Bertz CT molecular complexity index is 193. The zero-order valence-electron chi connectivity index (χ0n) is 7.48. The van der Waals surface area contributed by atoms with Crippen molar-refractivity contribution in [2.24, 2.45) is 0 Å². The molecule has 0 saturated heterocycles. The molecule has 1 amide bonds. The molecule has 0 aromatic heterocycles. The molecule has 0 aliphatic heterocycles. The van der Waals surface area contributed by atoms with Crippen LogP contribution in [0, 0.1) is 0 Å². The lowest BCUT2D eigenvalue weighted by atomic mass is 10.2. The first-order valence-corrected chi connectivity index (χ1v) is 3.76. The highest BCUT2D eigenvalue weighted by Crippen LogP contribution is 1.95. The number of hydrogen-bond donors (Lipinski definition) is 3. The molecule has 0 aromatic carbocycles. The Morgan fingerprint density at radius 2 is 1.92 bits per heavy atom. The Morgan fingerprint density at radius 3 is 2.31 bits per heavy atom. The van der Waals surface area contributed by atoms with E-state index in [0.717, 1.165) is 7.11 Å². The number of esters is 1. The molecule has 6 nitrogen and oxygen atoms in total. The fourth-order valence-corrected chi connectivity index (χ4v) is 0.672. The lowest BCUT2D eigenvalue weighted by Gasteiger charge is -2.14. The number of carbonyl (C=O) groups is 2. The van der Waals surface area contributed by atoms with Crippen molar-refractivity contribution in [3.63, 3.8) is 0 Å². The topological polar surface area (TPSA) is 95.9 Å². The van der Waals surface area contributed by atoms with Gasteiger partial charge in [-0.15, -0.1) is 0 Å². The fourth-order valence-electron chi connectivity index (χ4n) is 0.672. The lowest BCUT2D eigenvalue weighted by Crippen LogP contribution is -2.46. The number of rotatable bonds is 4. The van der Waals surface area contributed by atoms with E-state index in [2.05, 4.69) is 10.1 Å². The molecule has 3 N–H and O–H groups in total. The van der Waals surface area contributed by atoms with Crippen LogP contribution < -0.4 is 5.32 Å². The number of methoxy groups -OCH3 is 1. The number of amides is 1. The quantitative estimate of drug-likeness (QED) is 0.447. The number of nitrogens with one attached hydrogen (secondary N) is 1. The Labute approximate surface area is 75.5 Å². The van der Waals surface area contributed by atoms with Gasteiger partial charge in [0.15, 0.2) is 12.2 Å². The number of aliphatic hydroxyl groups excluding tert-OH is 2. The van der Waals surface area contributed by atoms with Crippen molar-refractivity contribution in [3.8, 4) is 0 Å². The monoisotopic (exact) mass is 191 g/mol. The molecular weight excluding hydrogens is 178 g/mol. The van der Waals surface area contributed by atoms with Gasteiger partial charge in [0.25, 0.3) is 5.91 Å². The molecule has 2 unspecified atom stereocenters. The van der Waals surface area contributed by atoms with Crippen molar-refractivity contribution >= 4 is 11.9 Å². The molecule has 0 radical (unpaired) electrons. The molecule has 6 heteroatoms. The normalized spacial score (nSPS) is 14.5. The van der Waals surface area contributed by atoms with E-state index in [1.54, 1.807) is 6.92 Å². The van der Waals surface area contributed by atoms with Crippen LogP contribution in [0.4, 0.5) is 0 Å². The van der Waals surface area contributed by atoms with E-state index in [4.69, 9.17) is 10.2 Å². The first-order valence-electron chi connectivity index (χ1n) is 3.76. The summed E-state index contributed by atoms with van der Waals surface area (Å²) in [5, 5.41) is 20.3. The van der Waals surface area contributed by atoms with Gasteiger partial charge in [0.1, 0.15) is 0 Å². The minimum absolute atomic E-state index is 0.309. The summed E-state index contributed by atoms with van der Waals surface area (Å²) >= 11 is 0. The number of likely N-dealkylation sites (N-methyl/N-ethyl adjacent to an activating group) is 1. The van der Waals surface area contributed by atoms with E-state index in [-0.39, 0.29) is 0 Å². The first kappa shape index (κ1) is 11.9. The highest BCUT2D eigenvalue weighted by molar-refractivity contribution is 5.88. The predicted octanol–water partition coefficient (Wildman–Crippen LogP) is -1.98. The molecule has 2 atom stereocenters. The van der Waals surface area contributed by atoms with Crippen LogP contribution in [0.25, 0.3) is 0 Å². The van der Waals surface area contributed by atoms with E-state index in [0.29, 0.717) is 6.54 Å². The molecule has 0 aliphatic carbocycles. The molecule has 0 spiro atoms. The highest BCUT2D eigenvalue weighted by atomic mass is 16.5. The van der Waals surface area contributed by atoms with Gasteiger partial charge in [-0.25, -0.2) is 4.79 Å². The van der Waals surface area contributed by atoms with Gasteiger partial charge < -0.3 is 20.3 Å². The number of carbonyl (C=O) groups excluding carboxylic acids is 2. The van der Waals surface area contributed by atoms with Crippen molar-refractivity contribution < 1.29 is 24.5 Å². The maximum atomic E-state index is 10.9. The van der Waals surface area contributed by atoms with Gasteiger partial charge in [0, 0.05) is 6.54 Å². The Balaban J connectivity index is 4.16. The van der Waals surface area contributed by atoms with Crippen molar-refractivity contribution in [1.29, 1.82) is 0 Å². The van der Waals surface area contributed by atoms with Crippen LogP contribution in [0.1, 0.15) is 6.92 Å². The summed E-state index contributed by atoms with van der Waals surface area (Å²) < 4.78 is 4.13. The minimum Gasteiger partial charge on any atom is -0.467 e. The van der Waals surface area contributed by atoms with Crippen molar-refractivity contribution in [2.75, 3.05) is 13.7 Å². The molecule has 76 valence electrons. The van der Waals surface area contributed by atoms with Crippen LogP contribution in [-0.4, -0.2) is 48.0 Å². The van der Waals surface area contributed by atoms with E-state index in [9.17, 15) is 9.59 Å². The van der Waals surface area contributed by atoms with Crippen LogP contribution >= 0.6 is 0 Å². The summed E-state index contributed by atoms with van der Waals surface area (Å²) in [7, 11) is 1.05. The van der Waals surface area contributed by atoms with Gasteiger partial charge in [0.2, 0.25) is 0 Å². The number of hydrogen-bond acceptors (Lipinski definition) is 5. The van der Waals surface area contributed by atoms with Gasteiger partial charge in [-0.2, -0.15) is 0 Å². The average Bonchev–Trinajstić information content (AvgIpc) is 2.14. The SMILES string of the molecule is CCNC(=O)C(O)C(O)C(=O)OC. The Hall–Kier alpha value is -1.14. The zero-order chi connectivity index (χ0) is 10.4. The molecule has 0 aromatic rings. The number of ether oxygens (including phenoxy) is 1. The van der Waals surface area contributed by atoms with Gasteiger partial charge in [0.05, 0.1) is 7.11 Å². The predicted molar refractivity (Wildman–Crippen MR) is 42.7 cm³/mol. The molecule has 0 fully saturated rings. The largest absolute Gasteiger partial charge is 0.467 e. The first-order chi connectivity index (χ1) is 6.04. The smallest absolute Gasteiger partial charge is 0.338 e. The third-order valence-corrected chi connectivity index (χ3v) is 1.36. The zero-order valence-corrected chi connectivity index (χ0v) is 7.48. The van der Waals surface area contributed by atoms with E-state index >= 15 is 0 Å². The highest BCUT2D eigenvalue weighted by Gasteiger charge is 2.30. The molecule has 0 aliphatic rings. The maximum Gasteiger partial charge on any atom is 0.338 e. The molecule has 0 rings (SSSR count). The summed E-state index contributed by atoms with van der Waals surface area (Å²) in [6, 6.07) is 0. The van der Waals surface area contributed by atoms with Gasteiger partial charge >= 0.3 is 5.97 Å². The summed E-state index contributed by atoms with van der Waals surface area (Å²) in [6.07, 6.45) is -3.62. The van der Waals surface area contributed by atoms with Crippen molar-refractivity contribution in [3.05, 3.63) is 0 Å². The van der Waals surface area contributed by atoms with E-state index < -0.39 is 24.1 Å². The van der Waals surface area contributed by atoms with Crippen LogP contribution in [0.5, 0.6) is 0 Å². The fraction of sp³-hybridized carbons (Fsp3) is 0.714. The second-order valence-corrected chi connectivity index (χ2v) is 2.31. The molecule has 13 heavy (non-hydrogen) atoms. The van der Waals surface area contributed by atoms with Crippen LogP contribution in [-0.2, 0) is 14.3 Å². The second-order valence-electron chi connectivity index (χ2n) is 2.31. The summed E-state index contributed by atoms with van der Waals surface area (Å²) in [4.78, 5) is 21.5. The van der Waals surface area contributed by atoms with Crippen LogP contribution in [0.3, 0.4) is 0 Å². The van der Waals surface area contributed by atoms with Crippen molar-refractivity contribution in [1.82, 2.24) is 5.32 Å². The standard InChI is InChI=1S/C7H13NO5/c1-3-8-6(11)4(9)5(10)7(12)13-2/h4-5,9-10H,3H2,1-2H3,(H,8,11). The third kappa shape index (κ3) is 3.39. The summed E-state index contributed by atoms with van der Waals surface area (Å²) in [5.41, 5.74) is 0. The number of aliphatic hydroxyl groups is 2. The Morgan fingerprint density at radius 1 is 1.38 bits per heavy atom. The minimum atomic E-state index is -1.84. The lowest BCUT2D eigenvalue weighted by molar-refractivity contribution is -0.161. The Kier molecular flexibility index (Phi) is 5.01. The van der Waals surface area contributed by atoms with Gasteiger partial charge in [-0.1, -0.05) is 0 Å². The summed E-state index contributed by atoms with van der Waals surface area (Å²) in [5.74, 6) is -1.85. The molecular formula is C7H13NO5. The molecule has 0 bridgehead atoms. The molecule has 0 heterocycles. The van der Waals surface area contributed by atoms with E-state index in [1.807, 2.05) is 0 Å².